The molecule has 2 aliphatic heterocycles. The third kappa shape index (κ3) is 3.01. The lowest BCUT2D eigenvalue weighted by atomic mass is 9.76. The number of amides is 1. The number of para-hydroxylation sites is 1. The molecular formula is C20H19BrClNO2. The summed E-state index contributed by atoms with van der Waals surface area (Å²) >= 11 is 9.56. The zero-order chi connectivity index (χ0) is 17.4. The molecule has 2 aromatic rings. The molecule has 0 bridgehead atoms. The number of carbonyl (C=O) groups is 1. The van der Waals surface area contributed by atoms with Gasteiger partial charge in [-0.1, -0.05) is 57.9 Å². The summed E-state index contributed by atoms with van der Waals surface area (Å²) in [4.78, 5) is 14.8. The second-order valence-corrected chi connectivity index (χ2v) is 8.10. The van der Waals surface area contributed by atoms with Crippen molar-refractivity contribution in [2.75, 3.05) is 24.7 Å². The molecule has 5 heteroatoms. The van der Waals surface area contributed by atoms with Crippen molar-refractivity contribution in [3.63, 3.8) is 0 Å². The van der Waals surface area contributed by atoms with Crippen LogP contribution in [0.1, 0.15) is 28.8 Å². The molecule has 1 amide bonds. The fourth-order valence-electron chi connectivity index (χ4n) is 3.93. The molecule has 0 N–H and O–H groups in total. The zero-order valence-electron chi connectivity index (χ0n) is 13.8. The van der Waals surface area contributed by atoms with Crippen molar-refractivity contribution >= 4 is 39.1 Å². The van der Waals surface area contributed by atoms with E-state index in [0.29, 0.717) is 5.02 Å². The van der Waals surface area contributed by atoms with E-state index in [1.165, 1.54) is 5.56 Å². The van der Waals surface area contributed by atoms with Gasteiger partial charge in [0.05, 0.1) is 0 Å². The van der Waals surface area contributed by atoms with E-state index in [-0.39, 0.29) is 16.1 Å². The van der Waals surface area contributed by atoms with Crippen molar-refractivity contribution in [2.45, 2.75) is 23.1 Å². The Labute approximate surface area is 161 Å². The van der Waals surface area contributed by atoms with Crippen molar-refractivity contribution in [3.05, 3.63) is 64.7 Å². The fraction of sp³-hybridized carbons (Fsp3) is 0.350. The molecule has 130 valence electrons. The summed E-state index contributed by atoms with van der Waals surface area (Å²) in [5.74, 6) is 0.0677. The van der Waals surface area contributed by atoms with Crippen LogP contribution < -0.4 is 4.90 Å². The number of benzene rings is 2. The van der Waals surface area contributed by atoms with E-state index in [1.807, 2.05) is 35.2 Å². The molecule has 1 unspecified atom stereocenters. The fourth-order valence-corrected chi connectivity index (χ4v) is 4.61. The average molecular weight is 421 g/mol. The van der Waals surface area contributed by atoms with Gasteiger partial charge >= 0.3 is 0 Å². The summed E-state index contributed by atoms with van der Waals surface area (Å²) in [5.41, 5.74) is 3.26. The highest BCUT2D eigenvalue weighted by Crippen LogP contribution is 2.47. The van der Waals surface area contributed by atoms with Crippen molar-refractivity contribution in [2.24, 2.45) is 0 Å². The standard InChI is InChI=1S/C20H19BrClNO2/c21-18(14-5-7-15(22)8-6-14)19(24)23-13-20(9-11-25-12-10-20)16-3-1-2-4-17(16)23/h1-8,18H,9-13H2. The van der Waals surface area contributed by atoms with Crippen LogP contribution in [0.5, 0.6) is 0 Å². The first-order chi connectivity index (χ1) is 12.1. The first kappa shape index (κ1) is 17.1. The molecule has 0 radical (unpaired) electrons. The van der Waals surface area contributed by atoms with Gasteiger partial charge < -0.3 is 9.64 Å². The van der Waals surface area contributed by atoms with E-state index < -0.39 is 0 Å². The number of anilines is 1. The molecule has 1 fully saturated rings. The van der Waals surface area contributed by atoms with E-state index in [9.17, 15) is 4.79 Å². The summed E-state index contributed by atoms with van der Waals surface area (Å²) in [6, 6.07) is 15.7. The Morgan fingerprint density at radius 1 is 1.12 bits per heavy atom. The number of carbonyl (C=O) groups excluding carboxylic acids is 1. The summed E-state index contributed by atoms with van der Waals surface area (Å²) in [6.45, 7) is 2.24. The highest BCUT2D eigenvalue weighted by atomic mass is 79.9. The Morgan fingerprint density at radius 2 is 1.80 bits per heavy atom. The SMILES string of the molecule is O=C(C(Br)c1ccc(Cl)cc1)N1CC2(CCOCC2)c2ccccc21. The van der Waals surface area contributed by atoms with Crippen molar-refractivity contribution in [1.82, 2.24) is 0 Å². The molecule has 2 aliphatic rings. The van der Waals surface area contributed by atoms with E-state index in [1.54, 1.807) is 0 Å². The highest BCUT2D eigenvalue weighted by molar-refractivity contribution is 9.09. The summed E-state index contributed by atoms with van der Waals surface area (Å²) < 4.78 is 5.57. The number of nitrogens with zero attached hydrogens (tertiary/aromatic N) is 1. The van der Waals surface area contributed by atoms with E-state index in [4.69, 9.17) is 16.3 Å². The molecule has 0 aliphatic carbocycles. The smallest absolute Gasteiger partial charge is 0.245 e. The maximum absolute atomic E-state index is 13.2. The summed E-state index contributed by atoms with van der Waals surface area (Å²) in [6.07, 6.45) is 1.92. The normalized spacial score (nSPS) is 19.7. The Balaban J connectivity index is 1.66. The number of fused-ring (bicyclic) bond motifs is 2. The van der Waals surface area contributed by atoms with Crippen LogP contribution in [0, 0.1) is 0 Å². The quantitative estimate of drug-likeness (QED) is 0.649. The van der Waals surface area contributed by atoms with Gasteiger partial charge in [-0.2, -0.15) is 0 Å². The number of hydrogen-bond donors (Lipinski definition) is 0. The van der Waals surface area contributed by atoms with Crippen molar-refractivity contribution in [3.8, 4) is 0 Å². The number of halogens is 2. The molecule has 4 rings (SSSR count). The lowest BCUT2D eigenvalue weighted by molar-refractivity contribution is -0.118. The maximum Gasteiger partial charge on any atom is 0.245 e. The average Bonchev–Trinajstić information content (AvgIpc) is 2.96. The summed E-state index contributed by atoms with van der Waals surface area (Å²) in [7, 11) is 0. The third-order valence-corrected chi connectivity index (χ3v) is 6.49. The van der Waals surface area contributed by atoms with Gasteiger partial charge in [0.25, 0.3) is 0 Å². The third-order valence-electron chi connectivity index (χ3n) is 5.32. The molecular weight excluding hydrogens is 402 g/mol. The molecule has 2 aromatic carbocycles. The topological polar surface area (TPSA) is 29.5 Å². The van der Waals surface area contributed by atoms with Gasteiger partial charge in [-0.25, -0.2) is 0 Å². The monoisotopic (exact) mass is 419 g/mol. The minimum atomic E-state index is -0.382. The molecule has 1 spiro atoms. The summed E-state index contributed by atoms with van der Waals surface area (Å²) in [5, 5.41) is 0.670. The van der Waals surface area contributed by atoms with Crippen LogP contribution in [-0.4, -0.2) is 25.7 Å². The first-order valence-corrected chi connectivity index (χ1v) is 9.78. The van der Waals surface area contributed by atoms with E-state index in [0.717, 1.165) is 43.9 Å². The van der Waals surface area contributed by atoms with Gasteiger partial charge in [0.15, 0.2) is 0 Å². The lowest BCUT2D eigenvalue weighted by Crippen LogP contribution is -2.41. The zero-order valence-corrected chi connectivity index (χ0v) is 16.1. The lowest BCUT2D eigenvalue weighted by Gasteiger charge is -2.34. The molecule has 0 aromatic heterocycles. The van der Waals surface area contributed by atoms with Crippen LogP contribution in [0.2, 0.25) is 5.02 Å². The van der Waals surface area contributed by atoms with Gasteiger partial charge in [-0.05, 0) is 42.2 Å². The van der Waals surface area contributed by atoms with Crippen molar-refractivity contribution < 1.29 is 9.53 Å². The van der Waals surface area contributed by atoms with Crippen LogP contribution >= 0.6 is 27.5 Å². The Hall–Kier alpha value is -1.36. The molecule has 1 atom stereocenters. The minimum Gasteiger partial charge on any atom is -0.381 e. The van der Waals surface area contributed by atoms with Crippen LogP contribution in [0.3, 0.4) is 0 Å². The molecule has 25 heavy (non-hydrogen) atoms. The van der Waals surface area contributed by atoms with E-state index in [2.05, 4.69) is 34.1 Å². The van der Waals surface area contributed by atoms with Gasteiger partial charge in [0.1, 0.15) is 4.83 Å². The van der Waals surface area contributed by atoms with Gasteiger partial charge in [-0.15, -0.1) is 0 Å². The van der Waals surface area contributed by atoms with Crippen LogP contribution in [0.4, 0.5) is 5.69 Å². The molecule has 3 nitrogen and oxygen atoms in total. The highest BCUT2D eigenvalue weighted by Gasteiger charge is 2.46. The number of ether oxygens (including phenoxy) is 1. The largest absolute Gasteiger partial charge is 0.381 e. The predicted octanol–water partition coefficient (Wildman–Crippen LogP) is 4.87. The van der Waals surface area contributed by atoms with Crippen LogP contribution in [0.15, 0.2) is 48.5 Å². The first-order valence-electron chi connectivity index (χ1n) is 8.49. The van der Waals surface area contributed by atoms with Crippen molar-refractivity contribution in [1.29, 1.82) is 0 Å². The van der Waals surface area contributed by atoms with Crippen LogP contribution in [0.25, 0.3) is 0 Å². The van der Waals surface area contributed by atoms with Gasteiger partial charge in [0, 0.05) is 35.9 Å². The second-order valence-electron chi connectivity index (χ2n) is 6.75. The maximum atomic E-state index is 13.2. The van der Waals surface area contributed by atoms with Gasteiger partial charge in [0.2, 0.25) is 5.91 Å². The Morgan fingerprint density at radius 3 is 2.52 bits per heavy atom. The molecule has 1 saturated heterocycles. The number of alkyl halides is 1. The predicted molar refractivity (Wildman–Crippen MR) is 104 cm³/mol. The second kappa shape index (κ2) is 6.75. The van der Waals surface area contributed by atoms with E-state index >= 15 is 0 Å². The molecule has 0 saturated carbocycles. The van der Waals surface area contributed by atoms with Crippen LogP contribution in [-0.2, 0) is 14.9 Å². The molecule has 2 heterocycles. The minimum absolute atomic E-state index is 0.0250. The van der Waals surface area contributed by atoms with Gasteiger partial charge in [-0.3, -0.25) is 4.79 Å². The number of rotatable bonds is 2. The number of hydrogen-bond acceptors (Lipinski definition) is 2. The Bertz CT molecular complexity index is 787. The Kier molecular flexibility index (Phi) is 4.61.